The van der Waals surface area contributed by atoms with Gasteiger partial charge in [-0.1, -0.05) is 81.5 Å². The highest BCUT2D eigenvalue weighted by Gasteiger charge is 2.44. The molecule has 1 heterocycles. The summed E-state index contributed by atoms with van der Waals surface area (Å²) >= 11 is 5.72. The lowest BCUT2D eigenvalue weighted by Gasteiger charge is -2.37. The molecule has 2 aromatic carbocycles. The van der Waals surface area contributed by atoms with Gasteiger partial charge in [-0.3, -0.25) is 0 Å². The van der Waals surface area contributed by atoms with Gasteiger partial charge in [-0.05, 0) is 54.2 Å². The van der Waals surface area contributed by atoms with Crippen molar-refractivity contribution < 1.29 is 13.9 Å². The molecule has 1 aliphatic heterocycles. The second kappa shape index (κ2) is 10.8. The number of nitrogens with one attached hydrogen (secondary N) is 1. The molecule has 0 amide bonds. The van der Waals surface area contributed by atoms with Crippen LogP contribution in [0.2, 0.25) is 18.1 Å². The fraction of sp³-hybridized carbons (Fsp3) is 0.519. The van der Waals surface area contributed by atoms with Crippen LogP contribution in [0, 0.1) is 13.8 Å². The summed E-state index contributed by atoms with van der Waals surface area (Å²) in [5, 5.41) is 3.60. The van der Waals surface area contributed by atoms with Crippen molar-refractivity contribution in [1.82, 2.24) is 5.32 Å². The number of aryl methyl sites for hydroxylation is 2. The molecular weight excluding hydrogens is 446 g/mol. The Balaban J connectivity index is 1.75. The molecule has 1 fully saturated rings. The van der Waals surface area contributed by atoms with Crippen LogP contribution >= 0.6 is 12.2 Å². The number of hydrogen-bond donors (Lipinski definition) is 1. The van der Waals surface area contributed by atoms with Gasteiger partial charge in [0.15, 0.2) is 8.32 Å². The molecule has 0 saturated carbocycles. The van der Waals surface area contributed by atoms with Crippen LogP contribution in [0.5, 0.6) is 0 Å². The van der Waals surface area contributed by atoms with Gasteiger partial charge in [0, 0.05) is 0 Å². The molecule has 1 aliphatic rings. The monoisotopic (exact) mass is 485 g/mol. The van der Waals surface area contributed by atoms with Crippen molar-refractivity contribution in [2.24, 2.45) is 0 Å². The van der Waals surface area contributed by atoms with Crippen molar-refractivity contribution in [3.8, 4) is 0 Å². The minimum Gasteiger partial charge on any atom is -0.415 e. The highest BCUT2D eigenvalue weighted by molar-refractivity contribution is 7.80. The molecule has 2 aromatic rings. The molecule has 3 rings (SSSR count). The first-order valence-corrected chi connectivity index (χ1v) is 15.1. The quantitative estimate of drug-likeness (QED) is 0.343. The molecule has 6 heteroatoms. The Kier molecular flexibility index (Phi) is 8.51. The predicted molar refractivity (Wildman–Crippen MR) is 142 cm³/mol. The standard InChI is InChI=1S/C27H39NO3SSi/c1-19-12-8-10-14-21(19)16-29-24-23(18-31-33(6,7)27(3,4)5)28-26(32)25(24)30-17-22-15-11-9-13-20(22)2/h8-15,23-25H,16-18H2,1-7H3,(H,28,32). The molecular formula is C27H39NO3SSi. The molecule has 180 valence electrons. The van der Waals surface area contributed by atoms with Gasteiger partial charge in [0.05, 0.1) is 25.9 Å². The molecule has 0 aliphatic carbocycles. The Bertz CT molecular complexity index is 956. The summed E-state index contributed by atoms with van der Waals surface area (Å²) in [7, 11) is -1.90. The van der Waals surface area contributed by atoms with Gasteiger partial charge in [0.2, 0.25) is 0 Å². The fourth-order valence-electron chi connectivity index (χ4n) is 3.64. The second-order valence-corrected chi connectivity index (χ2v) is 15.8. The molecule has 0 radical (unpaired) electrons. The average Bonchev–Trinajstić information content (AvgIpc) is 3.05. The highest BCUT2D eigenvalue weighted by atomic mass is 32.1. The van der Waals surface area contributed by atoms with Crippen LogP contribution in [0.25, 0.3) is 0 Å². The highest BCUT2D eigenvalue weighted by Crippen LogP contribution is 2.37. The van der Waals surface area contributed by atoms with Crippen LogP contribution in [0.3, 0.4) is 0 Å². The Hall–Kier alpha value is -1.57. The van der Waals surface area contributed by atoms with Crippen LogP contribution in [-0.4, -0.2) is 38.2 Å². The maximum atomic E-state index is 6.54. The van der Waals surface area contributed by atoms with Gasteiger partial charge in [-0.2, -0.15) is 0 Å². The summed E-state index contributed by atoms with van der Waals surface area (Å²) in [6.07, 6.45) is -0.525. The Labute approximate surface area is 206 Å². The molecule has 3 atom stereocenters. The summed E-state index contributed by atoms with van der Waals surface area (Å²) < 4.78 is 19.4. The summed E-state index contributed by atoms with van der Waals surface area (Å²) in [6.45, 7) is 17.1. The SMILES string of the molecule is Cc1ccccc1COC1C(=S)NC(CO[Si](C)(C)C(C)(C)C)C1OCc1ccccc1C. The van der Waals surface area contributed by atoms with Crippen molar-refractivity contribution in [2.75, 3.05) is 6.61 Å². The lowest BCUT2D eigenvalue weighted by atomic mass is 10.1. The zero-order valence-corrected chi connectivity index (χ0v) is 22.9. The van der Waals surface area contributed by atoms with E-state index in [2.05, 4.69) is 83.4 Å². The molecule has 0 spiro atoms. The molecule has 3 unspecified atom stereocenters. The van der Waals surface area contributed by atoms with Crippen molar-refractivity contribution in [1.29, 1.82) is 0 Å². The smallest absolute Gasteiger partial charge is 0.192 e. The lowest BCUT2D eigenvalue weighted by molar-refractivity contribution is -0.0612. The van der Waals surface area contributed by atoms with Crippen molar-refractivity contribution >= 4 is 25.5 Å². The van der Waals surface area contributed by atoms with E-state index in [9.17, 15) is 0 Å². The molecule has 0 bridgehead atoms. The first-order chi connectivity index (χ1) is 15.5. The summed E-state index contributed by atoms with van der Waals surface area (Å²) in [6, 6.07) is 16.6. The van der Waals surface area contributed by atoms with E-state index in [-0.39, 0.29) is 23.3 Å². The second-order valence-electron chi connectivity index (χ2n) is 10.5. The molecule has 1 N–H and O–H groups in total. The van der Waals surface area contributed by atoms with Gasteiger partial charge < -0.3 is 19.2 Å². The Morgan fingerprint density at radius 1 is 0.879 bits per heavy atom. The van der Waals surface area contributed by atoms with Gasteiger partial charge in [0.25, 0.3) is 0 Å². The maximum Gasteiger partial charge on any atom is 0.192 e. The van der Waals surface area contributed by atoms with Gasteiger partial charge in [0.1, 0.15) is 17.2 Å². The Morgan fingerprint density at radius 3 is 1.91 bits per heavy atom. The predicted octanol–water partition coefficient (Wildman–Crippen LogP) is 6.10. The van der Waals surface area contributed by atoms with Crippen LogP contribution in [0.4, 0.5) is 0 Å². The molecule has 4 nitrogen and oxygen atoms in total. The number of ether oxygens (including phenoxy) is 2. The van der Waals surface area contributed by atoms with Crippen molar-refractivity contribution in [3.63, 3.8) is 0 Å². The van der Waals surface area contributed by atoms with Crippen molar-refractivity contribution in [2.45, 2.75) is 84.2 Å². The molecule has 0 aromatic heterocycles. The minimum atomic E-state index is -1.90. The topological polar surface area (TPSA) is 39.7 Å². The maximum absolute atomic E-state index is 6.54. The van der Waals surface area contributed by atoms with Gasteiger partial charge in [-0.25, -0.2) is 0 Å². The summed E-state index contributed by atoms with van der Waals surface area (Å²) in [4.78, 5) is 0.696. The molecule has 33 heavy (non-hydrogen) atoms. The van der Waals surface area contributed by atoms with E-state index in [0.717, 1.165) is 0 Å². The first-order valence-electron chi connectivity index (χ1n) is 11.8. The van der Waals surface area contributed by atoms with E-state index in [1.54, 1.807) is 0 Å². The van der Waals surface area contributed by atoms with Crippen LogP contribution < -0.4 is 5.32 Å². The van der Waals surface area contributed by atoms with E-state index >= 15 is 0 Å². The zero-order valence-electron chi connectivity index (χ0n) is 21.1. The molecule has 1 saturated heterocycles. The van der Waals surface area contributed by atoms with E-state index in [1.807, 2.05) is 18.2 Å². The van der Waals surface area contributed by atoms with Crippen LogP contribution in [0.1, 0.15) is 43.0 Å². The van der Waals surface area contributed by atoms with Gasteiger partial charge >= 0.3 is 0 Å². The summed E-state index contributed by atoms with van der Waals surface area (Å²) in [5.74, 6) is 0. The summed E-state index contributed by atoms with van der Waals surface area (Å²) in [5.41, 5.74) is 4.78. The lowest BCUT2D eigenvalue weighted by Crippen LogP contribution is -2.47. The normalized spacial score (nSPS) is 21.3. The van der Waals surface area contributed by atoms with Crippen LogP contribution in [0.15, 0.2) is 48.5 Å². The average molecular weight is 486 g/mol. The number of hydrogen-bond acceptors (Lipinski definition) is 4. The van der Waals surface area contributed by atoms with Gasteiger partial charge in [-0.15, -0.1) is 0 Å². The van der Waals surface area contributed by atoms with E-state index < -0.39 is 8.32 Å². The Morgan fingerprint density at radius 2 is 1.39 bits per heavy atom. The minimum absolute atomic E-state index is 0.0440. The third-order valence-corrected chi connectivity index (χ3v) is 11.9. The third-order valence-electron chi connectivity index (χ3n) is 7.08. The number of benzene rings is 2. The largest absolute Gasteiger partial charge is 0.415 e. The fourth-order valence-corrected chi connectivity index (χ4v) is 5.02. The van der Waals surface area contributed by atoms with Crippen LogP contribution in [-0.2, 0) is 27.1 Å². The van der Waals surface area contributed by atoms with E-state index in [4.69, 9.17) is 26.1 Å². The number of thiocarbonyl (C=S) groups is 1. The van der Waals surface area contributed by atoms with Crippen molar-refractivity contribution in [3.05, 3.63) is 70.8 Å². The van der Waals surface area contributed by atoms with E-state index in [0.29, 0.717) is 24.8 Å². The first kappa shape index (κ1) is 26.0. The number of rotatable bonds is 9. The zero-order chi connectivity index (χ0) is 24.2. The van der Waals surface area contributed by atoms with E-state index in [1.165, 1.54) is 22.3 Å². The third kappa shape index (κ3) is 6.52.